The minimum Gasteiger partial charge on any atom is -0.481 e. The molecule has 2 rings (SSSR count). The first-order valence-electron chi connectivity index (χ1n) is 6.16. The number of methoxy groups -OCH3 is 1. The fraction of sp³-hybridized carbons (Fsp3) is 0.385. The van der Waals surface area contributed by atoms with E-state index in [1.165, 1.54) is 19.5 Å². The highest BCUT2D eigenvalue weighted by Gasteiger charge is 2.18. The van der Waals surface area contributed by atoms with Gasteiger partial charge in [-0.1, -0.05) is 18.5 Å². The minimum atomic E-state index is -0.154. The quantitative estimate of drug-likeness (QED) is 0.787. The smallest absolute Gasteiger partial charge is 0.216 e. The summed E-state index contributed by atoms with van der Waals surface area (Å²) >= 11 is 6.23. The highest BCUT2D eigenvalue weighted by molar-refractivity contribution is 6.32. The molecule has 2 heterocycles. The van der Waals surface area contributed by atoms with Crippen LogP contribution in [0.3, 0.4) is 0 Å². The zero-order valence-corrected chi connectivity index (χ0v) is 12.3. The molecule has 7 heteroatoms. The van der Waals surface area contributed by atoms with Crippen molar-refractivity contribution in [2.24, 2.45) is 7.05 Å². The Balaban J connectivity index is 2.25. The Hall–Kier alpha value is -1.95. The molecule has 20 heavy (non-hydrogen) atoms. The molecular formula is C13H15ClN4O2. The van der Waals surface area contributed by atoms with Crippen molar-refractivity contribution < 1.29 is 9.53 Å². The average Bonchev–Trinajstić information content (AvgIpc) is 2.74. The lowest BCUT2D eigenvalue weighted by Crippen LogP contribution is -2.10. The Bertz CT molecular complexity index is 639. The van der Waals surface area contributed by atoms with E-state index in [9.17, 15) is 4.79 Å². The monoisotopic (exact) mass is 294 g/mol. The fourth-order valence-corrected chi connectivity index (χ4v) is 2.22. The first kappa shape index (κ1) is 14.5. The van der Waals surface area contributed by atoms with Gasteiger partial charge in [0, 0.05) is 13.1 Å². The molecule has 0 spiro atoms. The van der Waals surface area contributed by atoms with E-state index in [1.54, 1.807) is 11.7 Å². The highest BCUT2D eigenvalue weighted by Crippen LogP contribution is 2.22. The van der Waals surface area contributed by atoms with Crippen LogP contribution in [0.25, 0.3) is 0 Å². The van der Waals surface area contributed by atoms with E-state index in [1.807, 2.05) is 6.92 Å². The summed E-state index contributed by atoms with van der Waals surface area (Å²) in [6, 6.07) is 1.51. The van der Waals surface area contributed by atoms with Crippen LogP contribution in [0.2, 0.25) is 5.02 Å². The van der Waals surface area contributed by atoms with E-state index in [4.69, 9.17) is 16.3 Å². The lowest BCUT2D eigenvalue weighted by Gasteiger charge is -2.03. The van der Waals surface area contributed by atoms with Crippen LogP contribution in [0.5, 0.6) is 5.88 Å². The van der Waals surface area contributed by atoms with Crippen LogP contribution < -0.4 is 4.74 Å². The number of hydrogen-bond donors (Lipinski definition) is 0. The van der Waals surface area contributed by atoms with E-state index >= 15 is 0 Å². The Morgan fingerprint density at radius 1 is 1.45 bits per heavy atom. The van der Waals surface area contributed by atoms with Crippen molar-refractivity contribution in [2.45, 2.75) is 19.8 Å². The zero-order valence-electron chi connectivity index (χ0n) is 11.6. The lowest BCUT2D eigenvalue weighted by molar-refractivity contribution is 0.0985. The van der Waals surface area contributed by atoms with Crippen molar-refractivity contribution in [3.63, 3.8) is 0 Å². The molecule has 6 nitrogen and oxygen atoms in total. The Kier molecular flexibility index (Phi) is 4.34. The molecule has 0 aromatic carbocycles. The van der Waals surface area contributed by atoms with Gasteiger partial charge in [0.25, 0.3) is 0 Å². The van der Waals surface area contributed by atoms with E-state index < -0.39 is 0 Å². The summed E-state index contributed by atoms with van der Waals surface area (Å²) in [6.45, 7) is 1.97. The van der Waals surface area contributed by atoms with Crippen molar-refractivity contribution in [1.82, 2.24) is 19.7 Å². The number of ether oxygens (including phenoxy) is 1. The van der Waals surface area contributed by atoms with E-state index in [2.05, 4.69) is 15.1 Å². The Morgan fingerprint density at radius 3 is 2.80 bits per heavy atom. The van der Waals surface area contributed by atoms with Gasteiger partial charge in [0.1, 0.15) is 12.0 Å². The van der Waals surface area contributed by atoms with Crippen LogP contribution in [0.4, 0.5) is 0 Å². The summed E-state index contributed by atoms with van der Waals surface area (Å²) in [5, 5.41) is 4.83. The van der Waals surface area contributed by atoms with Gasteiger partial charge in [0.15, 0.2) is 5.78 Å². The van der Waals surface area contributed by atoms with Crippen LogP contribution >= 0.6 is 11.6 Å². The van der Waals surface area contributed by atoms with Crippen LogP contribution in [0.1, 0.15) is 28.8 Å². The maximum Gasteiger partial charge on any atom is 0.216 e. The molecule has 0 aliphatic heterocycles. The number of rotatable bonds is 5. The summed E-state index contributed by atoms with van der Waals surface area (Å²) in [5.74, 6) is 0.201. The molecule has 0 atom stereocenters. The summed E-state index contributed by atoms with van der Waals surface area (Å²) in [5.41, 5.74) is 1.77. The maximum absolute atomic E-state index is 12.2. The molecule has 2 aromatic rings. The van der Waals surface area contributed by atoms with Crippen molar-refractivity contribution >= 4 is 17.4 Å². The van der Waals surface area contributed by atoms with Gasteiger partial charge in [0.05, 0.1) is 29.9 Å². The van der Waals surface area contributed by atoms with Gasteiger partial charge in [-0.3, -0.25) is 9.48 Å². The van der Waals surface area contributed by atoms with Gasteiger partial charge in [-0.15, -0.1) is 0 Å². The van der Waals surface area contributed by atoms with E-state index in [0.717, 1.165) is 12.1 Å². The number of hydrogen-bond acceptors (Lipinski definition) is 5. The summed E-state index contributed by atoms with van der Waals surface area (Å²) in [7, 11) is 3.26. The molecule has 0 radical (unpaired) electrons. The van der Waals surface area contributed by atoms with Gasteiger partial charge in [0.2, 0.25) is 5.88 Å². The van der Waals surface area contributed by atoms with Gasteiger partial charge in [-0.25, -0.2) is 9.97 Å². The van der Waals surface area contributed by atoms with Crippen molar-refractivity contribution in [2.75, 3.05) is 7.11 Å². The van der Waals surface area contributed by atoms with Gasteiger partial charge in [-0.2, -0.15) is 5.10 Å². The molecule has 0 unspecified atom stereocenters. The van der Waals surface area contributed by atoms with Crippen LogP contribution in [0, 0.1) is 0 Å². The largest absolute Gasteiger partial charge is 0.481 e. The number of carbonyl (C=O) groups excluding carboxylic acids is 1. The number of nitrogens with zero attached hydrogens (tertiary/aromatic N) is 4. The SMILES string of the molecule is CCc1nn(C)c(CC(=O)c2cc(OC)ncn2)c1Cl. The van der Waals surface area contributed by atoms with Crippen molar-refractivity contribution in [1.29, 1.82) is 0 Å². The summed E-state index contributed by atoms with van der Waals surface area (Å²) in [6.07, 6.45) is 2.17. The van der Waals surface area contributed by atoms with Crippen molar-refractivity contribution in [3.05, 3.63) is 34.5 Å². The second-order valence-corrected chi connectivity index (χ2v) is 4.61. The van der Waals surface area contributed by atoms with Gasteiger partial charge >= 0.3 is 0 Å². The molecule has 0 saturated heterocycles. The molecule has 106 valence electrons. The average molecular weight is 295 g/mol. The Morgan fingerprint density at radius 2 is 2.20 bits per heavy atom. The normalized spacial score (nSPS) is 10.6. The first-order chi connectivity index (χ1) is 9.56. The number of aromatic nitrogens is 4. The lowest BCUT2D eigenvalue weighted by atomic mass is 10.1. The third-order valence-electron chi connectivity index (χ3n) is 2.97. The van der Waals surface area contributed by atoms with Crippen molar-refractivity contribution in [3.8, 4) is 5.88 Å². The highest BCUT2D eigenvalue weighted by atomic mass is 35.5. The molecule has 2 aromatic heterocycles. The third-order valence-corrected chi connectivity index (χ3v) is 3.40. The number of aryl methyl sites for hydroxylation is 2. The fourth-order valence-electron chi connectivity index (χ4n) is 1.86. The van der Waals surface area contributed by atoms with E-state index in [-0.39, 0.29) is 12.2 Å². The number of Topliss-reactive ketones (excluding diaryl/α,β-unsaturated/α-hetero) is 1. The Labute approximate surface area is 121 Å². The first-order valence-corrected chi connectivity index (χ1v) is 6.54. The molecule has 0 N–H and O–H groups in total. The maximum atomic E-state index is 12.2. The number of ketones is 1. The molecule has 0 aliphatic rings. The second-order valence-electron chi connectivity index (χ2n) is 4.23. The topological polar surface area (TPSA) is 69.9 Å². The molecule has 0 amide bonds. The predicted molar refractivity (Wildman–Crippen MR) is 74.2 cm³/mol. The summed E-state index contributed by atoms with van der Waals surface area (Å²) in [4.78, 5) is 20.1. The predicted octanol–water partition coefficient (Wildman–Crippen LogP) is 1.86. The molecule has 0 aliphatic carbocycles. The number of halogens is 1. The molecule has 0 saturated carbocycles. The third kappa shape index (κ3) is 2.80. The van der Waals surface area contributed by atoms with Gasteiger partial charge in [-0.05, 0) is 6.42 Å². The van der Waals surface area contributed by atoms with Gasteiger partial charge < -0.3 is 4.74 Å². The van der Waals surface area contributed by atoms with Crippen LogP contribution in [0.15, 0.2) is 12.4 Å². The zero-order chi connectivity index (χ0) is 14.7. The molecule has 0 bridgehead atoms. The summed E-state index contributed by atoms with van der Waals surface area (Å²) < 4.78 is 6.61. The van der Waals surface area contributed by atoms with Crippen LogP contribution in [-0.2, 0) is 19.9 Å². The standard InChI is InChI=1S/C13H15ClN4O2/c1-4-8-13(14)10(18(2)17-8)6-11(19)9-5-12(20-3)16-7-15-9/h5,7H,4,6H2,1-3H3. The van der Waals surface area contributed by atoms with Crippen LogP contribution in [-0.4, -0.2) is 32.6 Å². The molecule has 0 fully saturated rings. The minimum absolute atomic E-state index is 0.141. The van der Waals surface area contributed by atoms with E-state index in [0.29, 0.717) is 22.3 Å². The number of carbonyl (C=O) groups is 1. The molecular weight excluding hydrogens is 280 g/mol. The second kappa shape index (κ2) is 6.00.